The number of carboxylic acid groups (broad SMARTS) is 1. The molecule has 0 saturated carbocycles. The van der Waals surface area contributed by atoms with Gasteiger partial charge in [0.1, 0.15) is 11.9 Å². The number of thioether (sulfide) groups is 1. The Balaban J connectivity index is 2.52. The molecule has 0 aliphatic rings. The molecule has 0 saturated heterocycles. The third-order valence-electron chi connectivity index (χ3n) is 1.86. The second-order valence-corrected chi connectivity index (χ2v) is 4.04. The summed E-state index contributed by atoms with van der Waals surface area (Å²) in [6, 6.07) is 5.49. The minimum absolute atomic E-state index is 0.309. The molecule has 0 aliphatic carbocycles. The second kappa shape index (κ2) is 5.72. The minimum Gasteiger partial charge on any atom is -0.480 e. The van der Waals surface area contributed by atoms with Crippen molar-refractivity contribution >= 4 is 17.7 Å². The number of benzene rings is 1. The lowest BCUT2D eigenvalue weighted by molar-refractivity contribution is -0.138. The molecule has 1 atom stereocenters. The Morgan fingerprint density at radius 2 is 2.40 bits per heavy atom. The maximum Gasteiger partial charge on any atom is 0.321 e. The summed E-state index contributed by atoms with van der Waals surface area (Å²) < 4.78 is 12.8. The topological polar surface area (TPSA) is 49.3 Å². The van der Waals surface area contributed by atoms with E-state index in [-0.39, 0.29) is 5.82 Å². The predicted octanol–water partition coefficient (Wildman–Crippen LogP) is 1.59. The molecule has 0 spiro atoms. The van der Waals surface area contributed by atoms with Crippen molar-refractivity contribution in [2.75, 3.05) is 12.8 Å². The number of carboxylic acids is 1. The number of rotatable bonds is 5. The lowest BCUT2D eigenvalue weighted by Gasteiger charge is -2.10. The molecule has 1 aromatic rings. The van der Waals surface area contributed by atoms with Gasteiger partial charge in [0.2, 0.25) is 0 Å². The molecule has 0 radical (unpaired) electrons. The summed E-state index contributed by atoms with van der Waals surface area (Å²) in [6.07, 6.45) is 0. The van der Waals surface area contributed by atoms with Crippen LogP contribution in [0.3, 0.4) is 0 Å². The monoisotopic (exact) mass is 229 g/mol. The van der Waals surface area contributed by atoms with Gasteiger partial charge in [-0.1, -0.05) is 6.07 Å². The molecule has 82 valence electrons. The van der Waals surface area contributed by atoms with E-state index in [1.165, 1.54) is 23.9 Å². The Bertz CT molecular complexity index is 346. The van der Waals surface area contributed by atoms with Gasteiger partial charge in [-0.2, -0.15) is 0 Å². The zero-order chi connectivity index (χ0) is 11.3. The first-order valence-electron chi connectivity index (χ1n) is 4.42. The van der Waals surface area contributed by atoms with E-state index < -0.39 is 12.0 Å². The number of likely N-dealkylation sites (N-methyl/N-ethyl adjacent to an activating group) is 1. The van der Waals surface area contributed by atoms with Crippen LogP contribution in [0.25, 0.3) is 0 Å². The summed E-state index contributed by atoms with van der Waals surface area (Å²) in [7, 11) is 1.59. The van der Waals surface area contributed by atoms with E-state index in [1.807, 2.05) is 0 Å². The Labute approximate surface area is 91.7 Å². The van der Waals surface area contributed by atoms with Crippen molar-refractivity contribution in [3.05, 3.63) is 30.1 Å². The molecule has 15 heavy (non-hydrogen) atoms. The SMILES string of the molecule is CNC(CSc1cccc(F)c1)C(=O)O. The molecule has 3 nitrogen and oxygen atoms in total. The Kier molecular flexibility index (Phi) is 4.58. The average molecular weight is 229 g/mol. The zero-order valence-electron chi connectivity index (χ0n) is 8.24. The Hall–Kier alpha value is -1.07. The van der Waals surface area contributed by atoms with Crippen LogP contribution in [0.5, 0.6) is 0 Å². The van der Waals surface area contributed by atoms with Crippen LogP contribution in [-0.4, -0.2) is 29.9 Å². The first-order valence-corrected chi connectivity index (χ1v) is 5.40. The number of aliphatic carboxylic acids is 1. The summed E-state index contributed by atoms with van der Waals surface area (Å²) in [4.78, 5) is 11.4. The fraction of sp³-hybridized carbons (Fsp3) is 0.300. The number of nitrogens with one attached hydrogen (secondary N) is 1. The average Bonchev–Trinajstić information content (AvgIpc) is 2.18. The van der Waals surface area contributed by atoms with Crippen molar-refractivity contribution in [1.29, 1.82) is 0 Å². The normalized spacial score (nSPS) is 12.4. The molecule has 0 heterocycles. The van der Waals surface area contributed by atoms with Gasteiger partial charge in [-0.05, 0) is 25.2 Å². The lowest BCUT2D eigenvalue weighted by atomic mass is 10.3. The number of carbonyl (C=O) groups is 1. The van der Waals surface area contributed by atoms with Gasteiger partial charge < -0.3 is 10.4 Å². The molecule has 0 amide bonds. The molecule has 1 unspecified atom stereocenters. The van der Waals surface area contributed by atoms with Crippen molar-refractivity contribution in [3.8, 4) is 0 Å². The van der Waals surface area contributed by atoms with E-state index in [1.54, 1.807) is 19.2 Å². The summed E-state index contributed by atoms with van der Waals surface area (Å²) in [5.74, 6) is -0.840. The van der Waals surface area contributed by atoms with Crippen LogP contribution in [0.15, 0.2) is 29.2 Å². The lowest BCUT2D eigenvalue weighted by Crippen LogP contribution is -2.35. The third kappa shape index (κ3) is 3.89. The highest BCUT2D eigenvalue weighted by Crippen LogP contribution is 2.19. The van der Waals surface area contributed by atoms with Gasteiger partial charge in [-0.25, -0.2) is 4.39 Å². The van der Waals surface area contributed by atoms with Crippen molar-refractivity contribution in [2.45, 2.75) is 10.9 Å². The number of halogens is 1. The highest BCUT2D eigenvalue weighted by Gasteiger charge is 2.14. The molecule has 0 aliphatic heterocycles. The van der Waals surface area contributed by atoms with E-state index in [9.17, 15) is 9.18 Å². The number of hydrogen-bond acceptors (Lipinski definition) is 3. The first-order chi connectivity index (χ1) is 7.13. The van der Waals surface area contributed by atoms with Crippen LogP contribution >= 0.6 is 11.8 Å². The van der Waals surface area contributed by atoms with E-state index >= 15 is 0 Å². The van der Waals surface area contributed by atoms with E-state index in [0.29, 0.717) is 5.75 Å². The maximum absolute atomic E-state index is 12.8. The molecular formula is C10H12FNO2S. The van der Waals surface area contributed by atoms with E-state index in [4.69, 9.17) is 5.11 Å². The van der Waals surface area contributed by atoms with E-state index in [2.05, 4.69) is 5.32 Å². The molecule has 0 bridgehead atoms. The van der Waals surface area contributed by atoms with Gasteiger partial charge in [0.05, 0.1) is 0 Å². The molecule has 1 rings (SSSR count). The first kappa shape index (κ1) is 12.0. The van der Waals surface area contributed by atoms with Gasteiger partial charge in [0.15, 0.2) is 0 Å². The maximum atomic E-state index is 12.8. The molecule has 0 aromatic heterocycles. The van der Waals surface area contributed by atoms with Gasteiger partial charge >= 0.3 is 5.97 Å². The van der Waals surface area contributed by atoms with Crippen LogP contribution in [0.4, 0.5) is 4.39 Å². The van der Waals surface area contributed by atoms with Gasteiger partial charge in [0.25, 0.3) is 0 Å². The summed E-state index contributed by atoms with van der Waals surface area (Å²) in [6.45, 7) is 0. The third-order valence-corrected chi connectivity index (χ3v) is 2.95. The summed E-state index contributed by atoms with van der Waals surface area (Å²) in [5.41, 5.74) is 0. The highest BCUT2D eigenvalue weighted by atomic mass is 32.2. The Morgan fingerprint density at radius 3 is 2.93 bits per heavy atom. The van der Waals surface area contributed by atoms with E-state index in [0.717, 1.165) is 4.90 Å². The Morgan fingerprint density at radius 1 is 1.67 bits per heavy atom. The van der Waals surface area contributed by atoms with Gasteiger partial charge in [0, 0.05) is 10.6 Å². The summed E-state index contributed by atoms with van der Waals surface area (Å²) >= 11 is 1.31. The standard InChI is InChI=1S/C10H12FNO2S/c1-12-9(10(13)14)6-15-8-4-2-3-7(11)5-8/h2-5,9,12H,6H2,1H3,(H,13,14). The van der Waals surface area contributed by atoms with Crippen molar-refractivity contribution in [1.82, 2.24) is 5.32 Å². The smallest absolute Gasteiger partial charge is 0.321 e. The predicted molar refractivity (Wildman–Crippen MR) is 57.6 cm³/mol. The van der Waals surface area contributed by atoms with Crippen LogP contribution in [0, 0.1) is 5.82 Å². The molecule has 2 N–H and O–H groups in total. The molecule has 0 fully saturated rings. The van der Waals surface area contributed by atoms with Crippen LogP contribution < -0.4 is 5.32 Å². The fourth-order valence-corrected chi connectivity index (χ4v) is 2.05. The van der Waals surface area contributed by atoms with Crippen molar-refractivity contribution in [3.63, 3.8) is 0 Å². The molecule has 1 aromatic carbocycles. The van der Waals surface area contributed by atoms with Crippen molar-refractivity contribution < 1.29 is 14.3 Å². The zero-order valence-corrected chi connectivity index (χ0v) is 9.05. The van der Waals surface area contributed by atoms with Crippen LogP contribution in [0.1, 0.15) is 0 Å². The molecular weight excluding hydrogens is 217 g/mol. The summed E-state index contributed by atoms with van der Waals surface area (Å²) in [5, 5.41) is 11.4. The second-order valence-electron chi connectivity index (χ2n) is 2.95. The van der Waals surface area contributed by atoms with Gasteiger partial charge in [-0.3, -0.25) is 4.79 Å². The van der Waals surface area contributed by atoms with Crippen LogP contribution in [-0.2, 0) is 4.79 Å². The highest BCUT2D eigenvalue weighted by molar-refractivity contribution is 7.99. The van der Waals surface area contributed by atoms with Gasteiger partial charge in [-0.15, -0.1) is 11.8 Å². The fourth-order valence-electron chi connectivity index (χ4n) is 1.01. The quantitative estimate of drug-likeness (QED) is 0.753. The minimum atomic E-state index is -0.901. The number of hydrogen-bond donors (Lipinski definition) is 2. The van der Waals surface area contributed by atoms with Crippen molar-refractivity contribution in [2.24, 2.45) is 0 Å². The van der Waals surface area contributed by atoms with Crippen LogP contribution in [0.2, 0.25) is 0 Å². The molecule has 5 heteroatoms. The largest absolute Gasteiger partial charge is 0.480 e.